The number of pyridine rings is 1. The van der Waals surface area contributed by atoms with Gasteiger partial charge in [-0.15, -0.1) is 11.3 Å². The number of thiazole rings is 1. The van der Waals surface area contributed by atoms with Crippen molar-refractivity contribution in [2.45, 2.75) is 19.8 Å². The summed E-state index contributed by atoms with van der Waals surface area (Å²) in [4.78, 5) is 20.5. The molecule has 2 aromatic heterocycles. The molecular formula is C18H19FN4O3S2. The van der Waals surface area contributed by atoms with Gasteiger partial charge < -0.3 is 5.32 Å². The molecule has 1 aromatic carbocycles. The Hall–Kier alpha value is -2.43. The van der Waals surface area contributed by atoms with Gasteiger partial charge in [0.2, 0.25) is 21.9 Å². The molecule has 3 aromatic rings. The number of carbonyl (C=O) groups excluding carboxylic acids is 1. The van der Waals surface area contributed by atoms with Crippen LogP contribution in [0.3, 0.4) is 0 Å². The monoisotopic (exact) mass is 422 g/mol. The van der Waals surface area contributed by atoms with Crippen LogP contribution < -0.4 is 10.5 Å². The number of nitrogens with zero attached hydrogens (tertiary/aromatic N) is 2. The summed E-state index contributed by atoms with van der Waals surface area (Å²) >= 11 is 1.38. The molecule has 0 fully saturated rings. The molecule has 2 heterocycles. The summed E-state index contributed by atoms with van der Waals surface area (Å²) < 4.78 is 35.9. The molecule has 3 N–H and O–H groups in total. The van der Waals surface area contributed by atoms with Crippen LogP contribution in [0.5, 0.6) is 0 Å². The molecule has 0 bridgehead atoms. The quantitative estimate of drug-likeness (QED) is 0.592. The summed E-state index contributed by atoms with van der Waals surface area (Å²) in [5.41, 5.74) is 3.44. The minimum absolute atomic E-state index is 0.0479. The molecule has 1 amide bonds. The lowest BCUT2D eigenvalue weighted by molar-refractivity contribution is -0.122. The van der Waals surface area contributed by atoms with Gasteiger partial charge >= 0.3 is 0 Å². The fraction of sp³-hybridized carbons (Fsp3) is 0.278. The molecule has 0 aliphatic carbocycles. The van der Waals surface area contributed by atoms with E-state index in [1.54, 1.807) is 13.0 Å². The first-order valence-electron chi connectivity index (χ1n) is 8.45. The Balaban J connectivity index is 1.83. The summed E-state index contributed by atoms with van der Waals surface area (Å²) in [6.07, 6.45) is 1.48. The first-order chi connectivity index (χ1) is 13.1. The molecule has 148 valence electrons. The third-order valence-corrected chi connectivity index (χ3v) is 6.21. The first-order valence-corrected chi connectivity index (χ1v) is 11.0. The van der Waals surface area contributed by atoms with Gasteiger partial charge in [0.15, 0.2) is 0 Å². The second-order valence-electron chi connectivity index (χ2n) is 6.44. The number of aryl methyl sites for hydroxylation is 1. The third kappa shape index (κ3) is 4.70. The van der Waals surface area contributed by atoms with Crippen LogP contribution in [0.1, 0.15) is 23.4 Å². The first kappa shape index (κ1) is 20.3. The number of nitrogens with two attached hydrogens (primary N) is 1. The number of hydrogen-bond acceptors (Lipinski definition) is 6. The molecular weight excluding hydrogens is 403 g/mol. The van der Waals surface area contributed by atoms with Crippen molar-refractivity contribution >= 4 is 37.5 Å². The van der Waals surface area contributed by atoms with Crippen molar-refractivity contribution in [1.29, 1.82) is 0 Å². The number of aromatic nitrogens is 2. The van der Waals surface area contributed by atoms with Crippen LogP contribution in [0.25, 0.3) is 21.3 Å². The number of amides is 1. The van der Waals surface area contributed by atoms with E-state index in [9.17, 15) is 17.6 Å². The van der Waals surface area contributed by atoms with Gasteiger partial charge in [-0.05, 0) is 49.2 Å². The summed E-state index contributed by atoms with van der Waals surface area (Å²) in [7, 11) is -3.63. The Morgan fingerprint density at radius 3 is 2.75 bits per heavy atom. The highest BCUT2D eigenvalue weighted by atomic mass is 32.2. The fourth-order valence-electron chi connectivity index (χ4n) is 2.71. The summed E-state index contributed by atoms with van der Waals surface area (Å²) in [6.45, 7) is 3.59. The van der Waals surface area contributed by atoms with Gasteiger partial charge in [-0.2, -0.15) is 4.39 Å². The fourth-order valence-corrected chi connectivity index (χ4v) is 4.13. The van der Waals surface area contributed by atoms with Crippen molar-refractivity contribution in [1.82, 2.24) is 15.3 Å². The van der Waals surface area contributed by atoms with Gasteiger partial charge in [-0.3, -0.25) is 4.79 Å². The predicted molar refractivity (Wildman–Crippen MR) is 107 cm³/mol. The van der Waals surface area contributed by atoms with E-state index < -0.39 is 21.9 Å². The van der Waals surface area contributed by atoms with Crippen LogP contribution in [0.4, 0.5) is 4.39 Å². The van der Waals surface area contributed by atoms with Crippen molar-refractivity contribution in [3.05, 3.63) is 47.0 Å². The van der Waals surface area contributed by atoms with E-state index in [1.165, 1.54) is 23.6 Å². The molecule has 0 spiro atoms. The standard InChI is InChI=1S/C18H19FN4O3S2/c1-10-7-14-15(8-13(10)12-3-4-16(19)22-9-12)27-18(23-14)11(2)17(24)21-5-6-28(20,25)26/h3-4,7-9,11H,5-6H2,1-2H3,(H,21,24)(H2,20,25,26). The molecule has 1 atom stereocenters. The van der Waals surface area contributed by atoms with E-state index in [1.807, 2.05) is 19.1 Å². The van der Waals surface area contributed by atoms with Gasteiger partial charge in [0.05, 0.1) is 21.9 Å². The van der Waals surface area contributed by atoms with Gasteiger partial charge in [-0.25, -0.2) is 23.5 Å². The van der Waals surface area contributed by atoms with Crippen molar-refractivity contribution in [3.8, 4) is 11.1 Å². The van der Waals surface area contributed by atoms with E-state index in [0.29, 0.717) is 5.01 Å². The minimum Gasteiger partial charge on any atom is -0.354 e. The van der Waals surface area contributed by atoms with Crippen LogP contribution in [0, 0.1) is 12.9 Å². The van der Waals surface area contributed by atoms with E-state index in [-0.39, 0.29) is 18.2 Å². The molecule has 10 heteroatoms. The van der Waals surface area contributed by atoms with Crippen molar-refractivity contribution in [3.63, 3.8) is 0 Å². The third-order valence-electron chi connectivity index (χ3n) is 4.24. The van der Waals surface area contributed by atoms with Crippen LogP contribution in [0.15, 0.2) is 30.5 Å². The Morgan fingerprint density at radius 1 is 1.36 bits per heavy atom. The van der Waals surface area contributed by atoms with Crippen LogP contribution in [0.2, 0.25) is 0 Å². The van der Waals surface area contributed by atoms with E-state index >= 15 is 0 Å². The highest BCUT2D eigenvalue weighted by Gasteiger charge is 2.20. The zero-order chi connectivity index (χ0) is 20.5. The lowest BCUT2D eigenvalue weighted by Gasteiger charge is -2.08. The van der Waals surface area contributed by atoms with Crippen molar-refractivity contribution in [2.75, 3.05) is 12.3 Å². The maximum atomic E-state index is 13.1. The number of sulfonamides is 1. The Morgan fingerprint density at radius 2 is 2.11 bits per heavy atom. The zero-order valence-electron chi connectivity index (χ0n) is 15.3. The lowest BCUT2D eigenvalue weighted by atomic mass is 10.0. The smallest absolute Gasteiger partial charge is 0.229 e. The van der Waals surface area contributed by atoms with Crippen LogP contribution >= 0.6 is 11.3 Å². The van der Waals surface area contributed by atoms with Gasteiger partial charge in [-0.1, -0.05) is 0 Å². The van der Waals surface area contributed by atoms with Gasteiger partial charge in [0.1, 0.15) is 5.01 Å². The van der Waals surface area contributed by atoms with Gasteiger partial charge in [0.25, 0.3) is 0 Å². The largest absolute Gasteiger partial charge is 0.354 e. The van der Waals surface area contributed by atoms with Crippen LogP contribution in [-0.4, -0.2) is 36.6 Å². The van der Waals surface area contributed by atoms with Crippen LogP contribution in [-0.2, 0) is 14.8 Å². The Labute approximate surface area is 165 Å². The SMILES string of the molecule is Cc1cc2nc(C(C)C(=O)NCCS(N)(=O)=O)sc2cc1-c1ccc(F)nc1. The molecule has 0 radical (unpaired) electrons. The highest BCUT2D eigenvalue weighted by molar-refractivity contribution is 7.89. The number of nitrogens with one attached hydrogen (secondary N) is 1. The maximum Gasteiger partial charge on any atom is 0.229 e. The number of carbonyl (C=O) groups is 1. The van der Waals surface area contributed by atoms with Crippen molar-refractivity contribution in [2.24, 2.45) is 5.14 Å². The number of rotatable bonds is 6. The second-order valence-corrected chi connectivity index (χ2v) is 9.23. The van der Waals surface area contributed by atoms with Gasteiger partial charge in [0, 0.05) is 18.3 Å². The number of primary sulfonamides is 1. The molecule has 0 aliphatic heterocycles. The minimum atomic E-state index is -3.63. The molecule has 28 heavy (non-hydrogen) atoms. The number of hydrogen-bond donors (Lipinski definition) is 2. The summed E-state index contributed by atoms with van der Waals surface area (Å²) in [6, 6.07) is 6.84. The summed E-state index contributed by atoms with van der Waals surface area (Å²) in [5, 5.41) is 8.11. The molecule has 0 aliphatic rings. The summed E-state index contributed by atoms with van der Waals surface area (Å²) in [5.74, 6) is -1.71. The average molecular weight is 423 g/mol. The van der Waals surface area contributed by atoms with E-state index in [0.717, 1.165) is 26.9 Å². The molecule has 7 nitrogen and oxygen atoms in total. The number of benzene rings is 1. The van der Waals surface area contributed by atoms with E-state index in [2.05, 4.69) is 15.3 Å². The Kier molecular flexibility index (Phi) is 5.73. The molecule has 3 rings (SSSR count). The topological polar surface area (TPSA) is 115 Å². The highest BCUT2D eigenvalue weighted by Crippen LogP contribution is 2.33. The molecule has 0 saturated heterocycles. The molecule has 1 unspecified atom stereocenters. The normalized spacial score (nSPS) is 12.9. The second kappa shape index (κ2) is 7.90. The number of fused-ring (bicyclic) bond motifs is 1. The van der Waals surface area contributed by atoms with Crippen molar-refractivity contribution < 1.29 is 17.6 Å². The number of halogens is 1. The predicted octanol–water partition coefficient (Wildman–Crippen LogP) is 2.31. The van der Waals surface area contributed by atoms with E-state index in [4.69, 9.17) is 5.14 Å². The maximum absolute atomic E-state index is 13.1. The zero-order valence-corrected chi connectivity index (χ0v) is 16.9. The lowest BCUT2D eigenvalue weighted by Crippen LogP contribution is -2.33. The molecule has 0 saturated carbocycles. The Bertz CT molecular complexity index is 1130. The average Bonchev–Trinajstić information content (AvgIpc) is 3.02.